The van der Waals surface area contributed by atoms with Crippen LogP contribution in [0.1, 0.15) is 36.5 Å². The fourth-order valence-corrected chi connectivity index (χ4v) is 2.69. The molecule has 1 unspecified atom stereocenters. The van der Waals surface area contributed by atoms with Crippen LogP contribution in [0, 0.1) is 0 Å². The van der Waals surface area contributed by atoms with Crippen LogP contribution in [0.2, 0.25) is 5.02 Å². The first-order valence-corrected chi connectivity index (χ1v) is 6.03. The second-order valence-electron chi connectivity index (χ2n) is 4.48. The number of halogens is 1. The molecule has 2 rings (SSSR count). The molecule has 0 saturated heterocycles. The van der Waals surface area contributed by atoms with Crippen LogP contribution >= 0.6 is 11.6 Å². The molecule has 1 atom stereocenters. The van der Waals surface area contributed by atoms with Crippen molar-refractivity contribution in [3.63, 3.8) is 0 Å². The molecule has 0 amide bonds. The minimum atomic E-state index is -0.289. The zero-order valence-electron chi connectivity index (χ0n) is 9.09. The van der Waals surface area contributed by atoms with Gasteiger partial charge in [0.15, 0.2) is 0 Å². The van der Waals surface area contributed by atoms with Gasteiger partial charge in [0.05, 0.1) is 6.10 Å². The van der Waals surface area contributed by atoms with E-state index in [4.69, 9.17) is 11.6 Å². The van der Waals surface area contributed by atoms with E-state index in [1.165, 1.54) is 24.0 Å². The molecule has 2 heteroatoms. The van der Waals surface area contributed by atoms with Gasteiger partial charge in [0.1, 0.15) is 0 Å². The molecular weight excluding hydrogens is 208 g/mol. The van der Waals surface area contributed by atoms with Crippen molar-refractivity contribution in [1.82, 2.24) is 0 Å². The van der Waals surface area contributed by atoms with Gasteiger partial charge in [-0.15, -0.1) is 0 Å². The van der Waals surface area contributed by atoms with E-state index < -0.39 is 0 Å². The molecule has 0 aromatic heterocycles. The van der Waals surface area contributed by atoms with Crippen LogP contribution < -0.4 is 0 Å². The monoisotopic (exact) mass is 224 g/mol. The first-order chi connectivity index (χ1) is 7.16. The summed E-state index contributed by atoms with van der Waals surface area (Å²) in [5.41, 5.74) is 3.89. The maximum absolute atomic E-state index is 9.36. The standard InChI is InChI=1S/C13H17ClO/c1-9(15)6-10-7-11-4-2-3-5-12(11)13(14)8-10/h7-9,15H,2-6H2,1H3. The number of benzene rings is 1. The van der Waals surface area contributed by atoms with Crippen molar-refractivity contribution in [1.29, 1.82) is 0 Å². The molecule has 0 heterocycles. The molecule has 0 radical (unpaired) electrons. The van der Waals surface area contributed by atoms with E-state index in [0.717, 1.165) is 23.4 Å². The van der Waals surface area contributed by atoms with Crippen LogP contribution in [0.3, 0.4) is 0 Å². The topological polar surface area (TPSA) is 20.2 Å². The molecule has 15 heavy (non-hydrogen) atoms. The highest BCUT2D eigenvalue weighted by atomic mass is 35.5. The van der Waals surface area contributed by atoms with Crippen LogP contribution in [0.15, 0.2) is 12.1 Å². The SMILES string of the molecule is CC(O)Cc1cc(Cl)c2c(c1)CCCC2. The summed E-state index contributed by atoms with van der Waals surface area (Å²) in [7, 11) is 0. The predicted molar refractivity (Wildman–Crippen MR) is 63.5 cm³/mol. The van der Waals surface area contributed by atoms with Gasteiger partial charge in [0, 0.05) is 5.02 Å². The van der Waals surface area contributed by atoms with E-state index in [2.05, 4.69) is 6.07 Å². The minimum Gasteiger partial charge on any atom is -0.393 e. The van der Waals surface area contributed by atoms with Crippen LogP contribution in [0.25, 0.3) is 0 Å². The van der Waals surface area contributed by atoms with Gasteiger partial charge in [0.2, 0.25) is 0 Å². The van der Waals surface area contributed by atoms with Crippen LogP contribution in [-0.2, 0) is 19.3 Å². The highest BCUT2D eigenvalue weighted by Gasteiger charge is 2.14. The molecule has 0 spiro atoms. The third-order valence-electron chi connectivity index (χ3n) is 3.00. The van der Waals surface area contributed by atoms with Crippen molar-refractivity contribution in [3.8, 4) is 0 Å². The van der Waals surface area contributed by atoms with Gasteiger partial charge in [-0.2, -0.15) is 0 Å². The van der Waals surface area contributed by atoms with Crippen LogP contribution in [0.5, 0.6) is 0 Å². The number of hydrogen-bond acceptors (Lipinski definition) is 1. The van der Waals surface area contributed by atoms with E-state index in [9.17, 15) is 5.11 Å². The average Bonchev–Trinajstić information content (AvgIpc) is 2.16. The second kappa shape index (κ2) is 4.54. The average molecular weight is 225 g/mol. The Morgan fingerprint density at radius 1 is 1.33 bits per heavy atom. The first-order valence-electron chi connectivity index (χ1n) is 5.65. The van der Waals surface area contributed by atoms with E-state index in [1.54, 1.807) is 0 Å². The largest absolute Gasteiger partial charge is 0.393 e. The third kappa shape index (κ3) is 2.53. The Bertz CT molecular complexity index is 358. The normalized spacial score (nSPS) is 17.3. The lowest BCUT2D eigenvalue weighted by atomic mass is 9.89. The summed E-state index contributed by atoms with van der Waals surface area (Å²) >= 11 is 6.25. The highest BCUT2D eigenvalue weighted by molar-refractivity contribution is 6.31. The van der Waals surface area contributed by atoms with Gasteiger partial charge >= 0.3 is 0 Å². The number of aliphatic hydroxyl groups excluding tert-OH is 1. The van der Waals surface area contributed by atoms with E-state index in [-0.39, 0.29) is 6.10 Å². The third-order valence-corrected chi connectivity index (χ3v) is 3.34. The molecule has 1 aromatic carbocycles. The Balaban J connectivity index is 2.32. The van der Waals surface area contributed by atoms with Gasteiger partial charge < -0.3 is 5.11 Å². The Morgan fingerprint density at radius 3 is 2.80 bits per heavy atom. The summed E-state index contributed by atoms with van der Waals surface area (Å²) < 4.78 is 0. The van der Waals surface area contributed by atoms with E-state index in [0.29, 0.717) is 6.42 Å². The molecule has 1 aromatic rings. The maximum Gasteiger partial charge on any atom is 0.0552 e. The lowest BCUT2D eigenvalue weighted by Gasteiger charge is -2.18. The smallest absolute Gasteiger partial charge is 0.0552 e. The fourth-order valence-electron chi connectivity index (χ4n) is 2.34. The van der Waals surface area contributed by atoms with E-state index in [1.807, 2.05) is 13.0 Å². The number of fused-ring (bicyclic) bond motifs is 1. The lowest BCUT2D eigenvalue weighted by Crippen LogP contribution is -2.08. The quantitative estimate of drug-likeness (QED) is 0.819. The predicted octanol–water partition coefficient (Wildman–Crippen LogP) is 3.14. The molecule has 1 aliphatic rings. The van der Waals surface area contributed by atoms with Crippen molar-refractivity contribution in [2.75, 3.05) is 0 Å². The molecule has 1 nitrogen and oxygen atoms in total. The van der Waals surface area contributed by atoms with Crippen LogP contribution in [-0.4, -0.2) is 11.2 Å². The van der Waals surface area contributed by atoms with Crippen molar-refractivity contribution in [2.45, 2.75) is 45.1 Å². The molecule has 82 valence electrons. The molecule has 1 aliphatic carbocycles. The van der Waals surface area contributed by atoms with Crippen molar-refractivity contribution in [3.05, 3.63) is 33.8 Å². The summed E-state index contributed by atoms with van der Waals surface area (Å²) in [4.78, 5) is 0. The van der Waals surface area contributed by atoms with Gasteiger partial charge in [-0.05, 0) is 61.8 Å². The number of rotatable bonds is 2. The summed E-state index contributed by atoms with van der Waals surface area (Å²) in [6, 6.07) is 4.23. The molecular formula is C13H17ClO. The Kier molecular flexibility index (Phi) is 3.32. The summed E-state index contributed by atoms with van der Waals surface area (Å²) in [5, 5.41) is 10.2. The van der Waals surface area contributed by atoms with Gasteiger partial charge in [-0.1, -0.05) is 17.7 Å². The summed E-state index contributed by atoms with van der Waals surface area (Å²) in [5.74, 6) is 0. The summed E-state index contributed by atoms with van der Waals surface area (Å²) in [6.07, 6.45) is 5.19. The molecule has 1 N–H and O–H groups in total. The number of aliphatic hydroxyl groups is 1. The van der Waals surface area contributed by atoms with Gasteiger partial charge in [-0.25, -0.2) is 0 Å². The van der Waals surface area contributed by atoms with Crippen molar-refractivity contribution in [2.24, 2.45) is 0 Å². The van der Waals surface area contributed by atoms with Crippen molar-refractivity contribution < 1.29 is 5.11 Å². The Labute approximate surface area is 96.1 Å². The van der Waals surface area contributed by atoms with Gasteiger partial charge in [0.25, 0.3) is 0 Å². The summed E-state index contributed by atoms with van der Waals surface area (Å²) in [6.45, 7) is 1.81. The first kappa shape index (κ1) is 11.0. The zero-order valence-corrected chi connectivity index (χ0v) is 9.85. The Hall–Kier alpha value is -0.530. The molecule has 0 fully saturated rings. The Morgan fingerprint density at radius 2 is 2.07 bits per heavy atom. The number of aryl methyl sites for hydroxylation is 1. The fraction of sp³-hybridized carbons (Fsp3) is 0.538. The molecule has 0 bridgehead atoms. The molecule has 0 aliphatic heterocycles. The van der Waals surface area contributed by atoms with Crippen LogP contribution in [0.4, 0.5) is 0 Å². The number of hydrogen-bond donors (Lipinski definition) is 1. The minimum absolute atomic E-state index is 0.289. The lowest BCUT2D eigenvalue weighted by molar-refractivity contribution is 0.195. The maximum atomic E-state index is 9.36. The van der Waals surface area contributed by atoms with E-state index >= 15 is 0 Å². The second-order valence-corrected chi connectivity index (χ2v) is 4.88. The molecule has 0 saturated carbocycles. The van der Waals surface area contributed by atoms with Crippen molar-refractivity contribution >= 4 is 11.6 Å². The van der Waals surface area contributed by atoms with Gasteiger partial charge in [-0.3, -0.25) is 0 Å². The zero-order chi connectivity index (χ0) is 10.8. The highest BCUT2D eigenvalue weighted by Crippen LogP contribution is 2.29.